The zero-order chi connectivity index (χ0) is 14.4. The number of rotatable bonds is 7. The lowest BCUT2D eigenvalue weighted by Gasteiger charge is -2.11. The van der Waals surface area contributed by atoms with Gasteiger partial charge in [-0.2, -0.15) is 11.8 Å². The van der Waals surface area contributed by atoms with Gasteiger partial charge in [0.2, 0.25) is 0 Å². The Morgan fingerprint density at radius 1 is 1.30 bits per heavy atom. The normalized spacial score (nSPS) is 16.2. The first-order chi connectivity index (χ1) is 9.63. The third-order valence-electron chi connectivity index (χ3n) is 3.56. The Balaban J connectivity index is 1.86. The van der Waals surface area contributed by atoms with E-state index in [1.807, 2.05) is 11.8 Å². The first-order valence-electron chi connectivity index (χ1n) is 7.79. The van der Waals surface area contributed by atoms with Crippen LogP contribution in [-0.4, -0.2) is 21.8 Å². The van der Waals surface area contributed by atoms with Crippen LogP contribution in [-0.2, 0) is 12.3 Å². The molecule has 0 amide bonds. The van der Waals surface area contributed by atoms with Crippen molar-refractivity contribution in [2.24, 2.45) is 5.92 Å². The minimum absolute atomic E-state index is 0.676. The maximum atomic E-state index is 4.70. The summed E-state index contributed by atoms with van der Waals surface area (Å²) in [6.45, 7) is 8.40. The largest absolute Gasteiger partial charge is 0.311 e. The molecule has 0 radical (unpaired) electrons. The van der Waals surface area contributed by atoms with Gasteiger partial charge in [0.25, 0.3) is 0 Å². The third-order valence-corrected chi connectivity index (χ3v) is 4.93. The number of aromatic nitrogens is 2. The molecule has 2 rings (SSSR count). The fraction of sp³-hybridized carbons (Fsp3) is 0.750. The summed E-state index contributed by atoms with van der Waals surface area (Å²) in [7, 11) is 0. The Labute approximate surface area is 127 Å². The van der Waals surface area contributed by atoms with Crippen molar-refractivity contribution in [2.75, 3.05) is 6.54 Å². The van der Waals surface area contributed by atoms with Crippen molar-refractivity contribution in [1.29, 1.82) is 0 Å². The van der Waals surface area contributed by atoms with Gasteiger partial charge in [0.1, 0.15) is 5.82 Å². The molecule has 0 aromatic carbocycles. The van der Waals surface area contributed by atoms with Crippen LogP contribution in [0.5, 0.6) is 0 Å². The van der Waals surface area contributed by atoms with Crippen LogP contribution in [0.4, 0.5) is 0 Å². The summed E-state index contributed by atoms with van der Waals surface area (Å²) in [6, 6.07) is 2.09. The minimum atomic E-state index is 0.676. The zero-order valence-corrected chi connectivity index (χ0v) is 13.8. The van der Waals surface area contributed by atoms with Gasteiger partial charge in [-0.05, 0) is 38.3 Å². The Morgan fingerprint density at radius 3 is 2.75 bits per heavy atom. The predicted molar refractivity (Wildman–Crippen MR) is 86.9 cm³/mol. The summed E-state index contributed by atoms with van der Waals surface area (Å²) in [5.41, 5.74) is 2.21. The molecule has 0 saturated heterocycles. The summed E-state index contributed by atoms with van der Waals surface area (Å²) in [6.07, 6.45) is 5.55. The molecule has 0 spiro atoms. The topological polar surface area (TPSA) is 37.8 Å². The van der Waals surface area contributed by atoms with E-state index in [2.05, 4.69) is 37.1 Å². The molecule has 0 bridgehead atoms. The number of hydrogen-bond donors (Lipinski definition) is 1. The maximum absolute atomic E-state index is 4.70. The highest BCUT2D eigenvalue weighted by atomic mass is 32.2. The first-order valence-corrected chi connectivity index (χ1v) is 8.84. The zero-order valence-electron chi connectivity index (χ0n) is 13.0. The molecule has 1 aliphatic rings. The van der Waals surface area contributed by atoms with Crippen molar-refractivity contribution in [3.8, 4) is 0 Å². The van der Waals surface area contributed by atoms with E-state index in [4.69, 9.17) is 4.98 Å². The second kappa shape index (κ2) is 7.99. The third kappa shape index (κ3) is 5.41. The lowest BCUT2D eigenvalue weighted by Crippen LogP contribution is -2.20. The molecule has 0 unspecified atom stereocenters. The quantitative estimate of drug-likeness (QED) is 0.831. The molecule has 1 aromatic rings. The van der Waals surface area contributed by atoms with Crippen molar-refractivity contribution in [1.82, 2.24) is 15.3 Å². The van der Waals surface area contributed by atoms with E-state index in [1.165, 1.54) is 25.7 Å². The lowest BCUT2D eigenvalue weighted by atomic mass is 10.2. The molecule has 20 heavy (non-hydrogen) atoms. The van der Waals surface area contributed by atoms with Crippen LogP contribution in [0.2, 0.25) is 0 Å². The van der Waals surface area contributed by atoms with Crippen LogP contribution in [0.3, 0.4) is 0 Å². The first kappa shape index (κ1) is 15.8. The van der Waals surface area contributed by atoms with Gasteiger partial charge < -0.3 is 5.32 Å². The average molecular weight is 293 g/mol. The van der Waals surface area contributed by atoms with E-state index in [-0.39, 0.29) is 0 Å². The van der Waals surface area contributed by atoms with Crippen LogP contribution >= 0.6 is 11.8 Å². The molecule has 0 aliphatic heterocycles. The molecule has 3 nitrogen and oxygen atoms in total. The van der Waals surface area contributed by atoms with Crippen molar-refractivity contribution >= 4 is 11.8 Å². The van der Waals surface area contributed by atoms with Gasteiger partial charge in [-0.25, -0.2) is 9.97 Å². The Kier molecular flexibility index (Phi) is 6.30. The minimum Gasteiger partial charge on any atom is -0.311 e. The standard InChI is InChI=1S/C16H27N3S/c1-12(2)9-17-10-14-8-13(3)18-16(19-14)11-20-15-6-4-5-7-15/h8,12,15,17H,4-7,9-11H2,1-3H3. The van der Waals surface area contributed by atoms with Gasteiger partial charge in [0, 0.05) is 17.5 Å². The smallest absolute Gasteiger partial charge is 0.138 e. The van der Waals surface area contributed by atoms with Crippen LogP contribution in [0.15, 0.2) is 6.07 Å². The molecular weight excluding hydrogens is 266 g/mol. The van der Waals surface area contributed by atoms with E-state index in [0.29, 0.717) is 5.92 Å². The molecular formula is C16H27N3S. The molecule has 1 aromatic heterocycles. The summed E-state index contributed by atoms with van der Waals surface area (Å²) in [5, 5.41) is 4.29. The van der Waals surface area contributed by atoms with Crippen LogP contribution < -0.4 is 5.32 Å². The molecule has 1 saturated carbocycles. The van der Waals surface area contributed by atoms with Gasteiger partial charge in [-0.3, -0.25) is 0 Å². The van der Waals surface area contributed by atoms with Gasteiger partial charge in [-0.1, -0.05) is 26.7 Å². The summed E-state index contributed by atoms with van der Waals surface area (Å²) >= 11 is 2.04. The molecule has 1 heterocycles. The summed E-state index contributed by atoms with van der Waals surface area (Å²) in [4.78, 5) is 9.28. The average Bonchev–Trinajstić information content (AvgIpc) is 2.88. The second-order valence-corrected chi connectivity index (χ2v) is 7.45. The Bertz CT molecular complexity index is 414. The Morgan fingerprint density at radius 2 is 2.05 bits per heavy atom. The van der Waals surface area contributed by atoms with Gasteiger partial charge >= 0.3 is 0 Å². The van der Waals surface area contributed by atoms with Gasteiger partial charge in [0.05, 0.1) is 11.4 Å². The molecule has 1 aliphatic carbocycles. The number of hydrogen-bond acceptors (Lipinski definition) is 4. The van der Waals surface area contributed by atoms with Crippen molar-refractivity contribution in [3.63, 3.8) is 0 Å². The highest BCUT2D eigenvalue weighted by Gasteiger charge is 2.16. The summed E-state index contributed by atoms with van der Waals surface area (Å²) < 4.78 is 0. The van der Waals surface area contributed by atoms with E-state index in [0.717, 1.165) is 41.3 Å². The second-order valence-electron chi connectivity index (χ2n) is 6.16. The Hall–Kier alpha value is -0.610. The number of aryl methyl sites for hydroxylation is 1. The highest BCUT2D eigenvalue weighted by molar-refractivity contribution is 7.99. The number of nitrogens with zero attached hydrogens (tertiary/aromatic N) is 2. The van der Waals surface area contributed by atoms with Gasteiger partial charge in [0.15, 0.2) is 0 Å². The van der Waals surface area contributed by atoms with E-state index in [1.54, 1.807) is 0 Å². The molecule has 0 atom stereocenters. The van der Waals surface area contributed by atoms with Gasteiger partial charge in [-0.15, -0.1) is 0 Å². The number of thioether (sulfide) groups is 1. The van der Waals surface area contributed by atoms with Crippen LogP contribution in [0, 0.1) is 12.8 Å². The van der Waals surface area contributed by atoms with E-state index >= 15 is 0 Å². The van der Waals surface area contributed by atoms with Crippen molar-refractivity contribution < 1.29 is 0 Å². The molecule has 112 valence electrons. The fourth-order valence-corrected chi connectivity index (χ4v) is 3.77. The highest BCUT2D eigenvalue weighted by Crippen LogP contribution is 2.30. The molecule has 1 fully saturated rings. The summed E-state index contributed by atoms with van der Waals surface area (Å²) in [5.74, 6) is 2.64. The van der Waals surface area contributed by atoms with Crippen molar-refractivity contribution in [3.05, 3.63) is 23.3 Å². The lowest BCUT2D eigenvalue weighted by molar-refractivity contribution is 0.547. The predicted octanol–water partition coefficient (Wildman–Crippen LogP) is 3.71. The SMILES string of the molecule is Cc1cc(CNCC(C)C)nc(CSC2CCCC2)n1. The molecule has 1 N–H and O–H groups in total. The van der Waals surface area contributed by atoms with E-state index < -0.39 is 0 Å². The van der Waals surface area contributed by atoms with Crippen molar-refractivity contribution in [2.45, 2.75) is 64.0 Å². The number of nitrogens with one attached hydrogen (secondary N) is 1. The molecule has 4 heteroatoms. The van der Waals surface area contributed by atoms with Crippen LogP contribution in [0.25, 0.3) is 0 Å². The van der Waals surface area contributed by atoms with E-state index in [9.17, 15) is 0 Å². The monoisotopic (exact) mass is 293 g/mol. The van der Waals surface area contributed by atoms with Crippen LogP contribution in [0.1, 0.15) is 56.7 Å². The fourth-order valence-electron chi connectivity index (χ4n) is 2.59. The maximum Gasteiger partial charge on any atom is 0.138 e.